The van der Waals surface area contributed by atoms with E-state index in [1.54, 1.807) is 12.3 Å². The molecule has 0 fully saturated rings. The summed E-state index contributed by atoms with van der Waals surface area (Å²) in [6.45, 7) is 7.26. The van der Waals surface area contributed by atoms with Crippen molar-refractivity contribution in [2.24, 2.45) is 5.92 Å². The summed E-state index contributed by atoms with van der Waals surface area (Å²) in [7, 11) is 0. The lowest BCUT2D eigenvalue weighted by Crippen LogP contribution is -2.13. The highest BCUT2D eigenvalue weighted by Gasteiger charge is 2.07. The molecule has 1 heterocycles. The van der Waals surface area contributed by atoms with E-state index >= 15 is 0 Å². The minimum atomic E-state index is -0.165. The molecule has 5 heteroatoms. The van der Waals surface area contributed by atoms with Crippen LogP contribution in [-0.4, -0.2) is 17.4 Å². The number of carbonyl (C=O) groups excluding carboxylic acids is 1. The van der Waals surface area contributed by atoms with Gasteiger partial charge in [-0.15, -0.1) is 0 Å². The van der Waals surface area contributed by atoms with Gasteiger partial charge in [0, 0.05) is 22.9 Å². The minimum absolute atomic E-state index is 0.165. The summed E-state index contributed by atoms with van der Waals surface area (Å²) in [5.74, 6) is 1.28. The first kappa shape index (κ1) is 17.5. The highest BCUT2D eigenvalue weighted by molar-refractivity contribution is 9.10. The molecule has 0 aliphatic heterocycles. The first-order valence-electron chi connectivity index (χ1n) is 7.73. The van der Waals surface area contributed by atoms with E-state index in [1.165, 1.54) is 0 Å². The van der Waals surface area contributed by atoms with Crippen LogP contribution in [0.15, 0.2) is 41.0 Å². The fraction of sp³-hybridized carbons (Fsp3) is 0.333. The number of nitrogens with zero attached hydrogens (tertiary/aromatic N) is 1. The van der Waals surface area contributed by atoms with Crippen molar-refractivity contribution in [3.8, 4) is 0 Å². The van der Waals surface area contributed by atoms with Crippen molar-refractivity contribution < 1.29 is 4.79 Å². The van der Waals surface area contributed by atoms with Crippen molar-refractivity contribution >= 4 is 33.3 Å². The number of carbonyl (C=O) groups is 1. The molecule has 1 aromatic carbocycles. The summed E-state index contributed by atoms with van der Waals surface area (Å²) in [6, 6.07) is 9.35. The Bertz CT molecular complexity index is 668. The van der Waals surface area contributed by atoms with Gasteiger partial charge in [-0.2, -0.15) is 0 Å². The maximum Gasteiger partial charge on any atom is 0.257 e. The van der Waals surface area contributed by atoms with E-state index in [0.29, 0.717) is 11.5 Å². The molecular formula is C18H22BrN3O. The Balaban J connectivity index is 1.95. The number of anilines is 2. The number of amides is 1. The number of benzene rings is 1. The smallest absolute Gasteiger partial charge is 0.257 e. The van der Waals surface area contributed by atoms with E-state index < -0.39 is 0 Å². The van der Waals surface area contributed by atoms with Crippen LogP contribution in [0.1, 0.15) is 36.2 Å². The number of rotatable bonds is 6. The molecule has 0 saturated heterocycles. The normalized spacial score (nSPS) is 10.7. The van der Waals surface area contributed by atoms with Gasteiger partial charge in [0.1, 0.15) is 5.82 Å². The average Bonchev–Trinajstić information content (AvgIpc) is 2.51. The lowest BCUT2D eigenvalue weighted by Gasteiger charge is -2.09. The number of nitrogens with one attached hydrogen (secondary N) is 2. The van der Waals surface area contributed by atoms with Crippen LogP contribution in [0.3, 0.4) is 0 Å². The summed E-state index contributed by atoms with van der Waals surface area (Å²) < 4.78 is 0.970. The standard InChI is InChI=1S/C18H22BrN3O/c1-12(2)8-9-20-17-7-5-14(11-21-17)18(23)22-15-6-4-13(3)16(19)10-15/h4-7,10-12H,8-9H2,1-3H3,(H,20,21)(H,22,23). The molecule has 0 saturated carbocycles. The van der Waals surface area contributed by atoms with Crippen molar-refractivity contribution in [3.63, 3.8) is 0 Å². The monoisotopic (exact) mass is 375 g/mol. The largest absolute Gasteiger partial charge is 0.370 e. The van der Waals surface area contributed by atoms with Crippen LogP contribution < -0.4 is 10.6 Å². The number of halogens is 1. The lowest BCUT2D eigenvalue weighted by atomic mass is 10.1. The second-order valence-electron chi connectivity index (χ2n) is 5.96. The zero-order chi connectivity index (χ0) is 16.8. The topological polar surface area (TPSA) is 54.0 Å². The van der Waals surface area contributed by atoms with Gasteiger partial charge in [0.15, 0.2) is 0 Å². The molecule has 0 radical (unpaired) electrons. The van der Waals surface area contributed by atoms with Gasteiger partial charge in [-0.1, -0.05) is 35.8 Å². The van der Waals surface area contributed by atoms with E-state index in [9.17, 15) is 4.79 Å². The first-order valence-corrected chi connectivity index (χ1v) is 8.52. The highest BCUT2D eigenvalue weighted by Crippen LogP contribution is 2.21. The van der Waals surface area contributed by atoms with Gasteiger partial charge in [-0.3, -0.25) is 4.79 Å². The first-order chi connectivity index (χ1) is 11.0. The summed E-state index contributed by atoms with van der Waals surface area (Å²) in [5.41, 5.74) is 2.42. The molecule has 0 aliphatic rings. The molecule has 1 amide bonds. The van der Waals surface area contributed by atoms with Gasteiger partial charge < -0.3 is 10.6 Å². The Labute approximate surface area is 145 Å². The molecule has 2 aromatic rings. The molecule has 4 nitrogen and oxygen atoms in total. The van der Waals surface area contributed by atoms with Crippen molar-refractivity contribution in [1.82, 2.24) is 4.98 Å². The predicted molar refractivity (Wildman–Crippen MR) is 99.0 cm³/mol. The van der Waals surface area contributed by atoms with Crippen molar-refractivity contribution in [2.45, 2.75) is 27.2 Å². The van der Waals surface area contributed by atoms with Gasteiger partial charge in [0.05, 0.1) is 5.56 Å². The number of pyridine rings is 1. The van der Waals surface area contributed by atoms with Crippen LogP contribution in [0.5, 0.6) is 0 Å². The molecule has 0 unspecified atom stereocenters. The summed E-state index contributed by atoms with van der Waals surface area (Å²) >= 11 is 3.46. The van der Waals surface area contributed by atoms with Gasteiger partial charge in [-0.25, -0.2) is 4.98 Å². The molecule has 0 spiro atoms. The second-order valence-corrected chi connectivity index (χ2v) is 6.81. The third kappa shape index (κ3) is 5.36. The fourth-order valence-electron chi connectivity index (χ4n) is 2.00. The van der Waals surface area contributed by atoms with Crippen LogP contribution in [0.4, 0.5) is 11.5 Å². The van der Waals surface area contributed by atoms with E-state index in [0.717, 1.165) is 34.5 Å². The number of aryl methyl sites for hydroxylation is 1. The number of aromatic nitrogens is 1. The fourth-order valence-corrected chi connectivity index (χ4v) is 2.37. The van der Waals surface area contributed by atoms with Crippen molar-refractivity contribution in [2.75, 3.05) is 17.2 Å². The molecular weight excluding hydrogens is 354 g/mol. The van der Waals surface area contributed by atoms with Crippen LogP contribution >= 0.6 is 15.9 Å². The quantitative estimate of drug-likeness (QED) is 0.757. The zero-order valence-electron chi connectivity index (χ0n) is 13.7. The summed E-state index contributed by atoms with van der Waals surface area (Å²) in [4.78, 5) is 16.5. The molecule has 2 rings (SSSR count). The summed E-state index contributed by atoms with van der Waals surface area (Å²) in [6.07, 6.45) is 2.68. The third-order valence-corrected chi connectivity index (χ3v) is 4.34. The predicted octanol–water partition coefficient (Wildman–Crippen LogP) is 4.86. The Morgan fingerprint density at radius 2 is 2.04 bits per heavy atom. The van der Waals surface area contributed by atoms with Crippen LogP contribution in [0.25, 0.3) is 0 Å². The second kappa shape index (κ2) is 8.11. The van der Waals surface area contributed by atoms with Gasteiger partial charge in [0.2, 0.25) is 0 Å². The highest BCUT2D eigenvalue weighted by atomic mass is 79.9. The SMILES string of the molecule is Cc1ccc(NC(=O)c2ccc(NCCC(C)C)nc2)cc1Br. The van der Waals surface area contributed by atoms with Crippen molar-refractivity contribution in [3.05, 3.63) is 52.1 Å². The van der Waals surface area contributed by atoms with Crippen LogP contribution in [-0.2, 0) is 0 Å². The Morgan fingerprint density at radius 1 is 1.26 bits per heavy atom. The molecule has 1 aromatic heterocycles. The summed E-state index contributed by atoms with van der Waals surface area (Å²) in [5, 5.41) is 6.13. The Kier molecular flexibility index (Phi) is 6.16. The van der Waals surface area contributed by atoms with E-state index in [4.69, 9.17) is 0 Å². The minimum Gasteiger partial charge on any atom is -0.370 e. The van der Waals surface area contributed by atoms with E-state index in [2.05, 4.69) is 45.4 Å². The molecule has 0 bridgehead atoms. The van der Waals surface area contributed by atoms with Gasteiger partial charge in [0.25, 0.3) is 5.91 Å². The number of hydrogen-bond acceptors (Lipinski definition) is 3. The van der Waals surface area contributed by atoms with Crippen LogP contribution in [0, 0.1) is 12.8 Å². The maximum absolute atomic E-state index is 12.2. The lowest BCUT2D eigenvalue weighted by molar-refractivity contribution is 0.102. The molecule has 2 N–H and O–H groups in total. The van der Waals surface area contributed by atoms with E-state index in [1.807, 2.05) is 31.2 Å². The van der Waals surface area contributed by atoms with Gasteiger partial charge >= 0.3 is 0 Å². The maximum atomic E-state index is 12.2. The third-order valence-electron chi connectivity index (χ3n) is 3.48. The van der Waals surface area contributed by atoms with Gasteiger partial charge in [-0.05, 0) is 49.1 Å². The molecule has 0 aliphatic carbocycles. The Morgan fingerprint density at radius 3 is 2.65 bits per heavy atom. The zero-order valence-corrected chi connectivity index (χ0v) is 15.3. The van der Waals surface area contributed by atoms with E-state index in [-0.39, 0.29) is 5.91 Å². The Hall–Kier alpha value is -1.88. The van der Waals surface area contributed by atoms with Crippen LogP contribution in [0.2, 0.25) is 0 Å². The number of hydrogen-bond donors (Lipinski definition) is 2. The molecule has 23 heavy (non-hydrogen) atoms. The average molecular weight is 376 g/mol. The molecule has 122 valence electrons. The van der Waals surface area contributed by atoms with Crippen molar-refractivity contribution in [1.29, 1.82) is 0 Å². The molecule has 0 atom stereocenters.